The molecule has 1 aromatic carbocycles. The average molecular weight is 272 g/mol. The molecule has 0 aliphatic heterocycles. The third kappa shape index (κ3) is 2.80. The van der Waals surface area contributed by atoms with E-state index in [0.29, 0.717) is 17.5 Å². The molecule has 1 aromatic heterocycles. The molecule has 0 amide bonds. The van der Waals surface area contributed by atoms with Crippen molar-refractivity contribution in [2.75, 3.05) is 7.05 Å². The third-order valence-corrected chi connectivity index (χ3v) is 3.32. The normalized spacial score (nSPS) is 11.8. The summed E-state index contributed by atoms with van der Waals surface area (Å²) in [6, 6.07) is 7.51. The number of pyridine rings is 1. The number of nitrogens with zero attached hydrogens (tertiary/aromatic N) is 1. The molecule has 0 spiro atoms. The lowest BCUT2D eigenvalue weighted by Gasteiger charge is -2.20. The molecule has 1 heterocycles. The Balaban J connectivity index is 2.70. The number of hydrogen-bond donors (Lipinski definition) is 2. The van der Waals surface area contributed by atoms with Gasteiger partial charge in [-0.25, -0.2) is 4.79 Å². The van der Waals surface area contributed by atoms with E-state index in [1.165, 1.54) is 0 Å². The molecule has 2 aromatic rings. The Labute approximate surface area is 118 Å². The van der Waals surface area contributed by atoms with Gasteiger partial charge in [0.25, 0.3) is 0 Å². The van der Waals surface area contributed by atoms with Crippen molar-refractivity contribution < 1.29 is 9.90 Å². The minimum atomic E-state index is -0.916. The van der Waals surface area contributed by atoms with E-state index in [2.05, 4.69) is 31.1 Å². The van der Waals surface area contributed by atoms with Gasteiger partial charge in [-0.15, -0.1) is 0 Å². The van der Waals surface area contributed by atoms with Crippen LogP contribution in [-0.2, 0) is 12.0 Å². The molecule has 0 unspecified atom stereocenters. The summed E-state index contributed by atoms with van der Waals surface area (Å²) in [5, 5.41) is 13.1. The van der Waals surface area contributed by atoms with Crippen LogP contribution in [-0.4, -0.2) is 23.1 Å². The quantitative estimate of drug-likeness (QED) is 0.901. The zero-order valence-corrected chi connectivity index (χ0v) is 12.3. The first kappa shape index (κ1) is 14.5. The van der Waals surface area contributed by atoms with E-state index in [1.54, 1.807) is 6.07 Å². The van der Waals surface area contributed by atoms with Crippen LogP contribution in [0.1, 0.15) is 42.4 Å². The molecule has 0 fully saturated rings. The molecule has 2 N–H and O–H groups in total. The lowest BCUT2D eigenvalue weighted by Crippen LogP contribution is -2.12. The van der Waals surface area contributed by atoms with E-state index >= 15 is 0 Å². The van der Waals surface area contributed by atoms with E-state index in [1.807, 2.05) is 25.2 Å². The van der Waals surface area contributed by atoms with Gasteiger partial charge in [-0.05, 0) is 36.2 Å². The van der Waals surface area contributed by atoms with Crippen LogP contribution in [0.4, 0.5) is 0 Å². The highest BCUT2D eigenvalue weighted by Crippen LogP contribution is 2.27. The number of carboxylic acid groups (broad SMARTS) is 1. The first-order valence-corrected chi connectivity index (χ1v) is 6.65. The predicted molar refractivity (Wildman–Crippen MR) is 80.2 cm³/mol. The fraction of sp³-hybridized carbons (Fsp3) is 0.375. The number of fused-ring (bicyclic) bond motifs is 1. The standard InChI is InChI=1S/C16H20N2O2/c1-16(2,3)10-5-6-14-12(7-10)13(15(19)20)8-11(18-14)9-17-4/h5-8,17H,9H2,1-4H3,(H,19,20). The third-order valence-electron chi connectivity index (χ3n) is 3.32. The summed E-state index contributed by atoms with van der Waals surface area (Å²) in [7, 11) is 1.81. The summed E-state index contributed by atoms with van der Waals surface area (Å²) in [5.74, 6) is -0.916. The van der Waals surface area contributed by atoms with Crippen LogP contribution in [0.25, 0.3) is 10.9 Å². The highest BCUT2D eigenvalue weighted by molar-refractivity contribution is 6.02. The fourth-order valence-corrected chi connectivity index (χ4v) is 2.20. The Morgan fingerprint density at radius 1 is 1.30 bits per heavy atom. The Morgan fingerprint density at radius 2 is 2.00 bits per heavy atom. The van der Waals surface area contributed by atoms with Crippen LogP contribution < -0.4 is 5.32 Å². The van der Waals surface area contributed by atoms with Crippen molar-refractivity contribution in [3.63, 3.8) is 0 Å². The number of carboxylic acids is 1. The lowest BCUT2D eigenvalue weighted by molar-refractivity contribution is 0.0699. The molecule has 106 valence electrons. The van der Waals surface area contributed by atoms with Crippen molar-refractivity contribution in [2.45, 2.75) is 32.7 Å². The Morgan fingerprint density at radius 3 is 2.55 bits per heavy atom. The summed E-state index contributed by atoms with van der Waals surface area (Å²) in [6.07, 6.45) is 0. The van der Waals surface area contributed by atoms with Gasteiger partial charge in [0, 0.05) is 11.9 Å². The van der Waals surface area contributed by atoms with Gasteiger partial charge in [0.1, 0.15) is 0 Å². The number of carbonyl (C=O) groups is 1. The molecular weight excluding hydrogens is 252 g/mol. The summed E-state index contributed by atoms with van der Waals surface area (Å²) < 4.78 is 0. The fourth-order valence-electron chi connectivity index (χ4n) is 2.20. The second-order valence-corrected chi connectivity index (χ2v) is 5.98. The first-order valence-electron chi connectivity index (χ1n) is 6.65. The average Bonchev–Trinajstić information content (AvgIpc) is 2.36. The lowest BCUT2D eigenvalue weighted by atomic mass is 9.86. The summed E-state index contributed by atoms with van der Waals surface area (Å²) in [5.41, 5.74) is 2.86. The van der Waals surface area contributed by atoms with Crippen molar-refractivity contribution in [2.24, 2.45) is 0 Å². The molecule has 0 atom stereocenters. The molecule has 0 radical (unpaired) electrons. The maximum absolute atomic E-state index is 11.5. The van der Waals surface area contributed by atoms with Gasteiger partial charge in [0.05, 0.1) is 16.8 Å². The van der Waals surface area contributed by atoms with Gasteiger partial charge in [-0.1, -0.05) is 26.8 Å². The topological polar surface area (TPSA) is 62.2 Å². The monoisotopic (exact) mass is 272 g/mol. The van der Waals surface area contributed by atoms with Crippen LogP contribution in [0.5, 0.6) is 0 Å². The number of nitrogens with one attached hydrogen (secondary N) is 1. The second-order valence-electron chi connectivity index (χ2n) is 5.98. The van der Waals surface area contributed by atoms with Gasteiger partial charge in [0.2, 0.25) is 0 Å². The molecular formula is C16H20N2O2. The summed E-state index contributed by atoms with van der Waals surface area (Å²) >= 11 is 0. The Hall–Kier alpha value is -1.94. The molecule has 20 heavy (non-hydrogen) atoms. The van der Waals surface area contributed by atoms with Gasteiger partial charge in [-0.3, -0.25) is 4.98 Å². The minimum Gasteiger partial charge on any atom is -0.478 e. The minimum absolute atomic E-state index is 0.0202. The van der Waals surface area contributed by atoms with Crippen molar-refractivity contribution in [1.29, 1.82) is 0 Å². The summed E-state index contributed by atoms with van der Waals surface area (Å²) in [4.78, 5) is 16.0. The number of aromatic carboxylic acids is 1. The maximum atomic E-state index is 11.5. The van der Waals surface area contributed by atoms with Crippen LogP contribution >= 0.6 is 0 Å². The van der Waals surface area contributed by atoms with E-state index < -0.39 is 5.97 Å². The Bertz CT molecular complexity index is 657. The molecule has 0 aliphatic carbocycles. The van der Waals surface area contributed by atoms with Crippen molar-refractivity contribution in [3.05, 3.63) is 41.1 Å². The molecule has 2 rings (SSSR count). The number of benzene rings is 1. The zero-order chi connectivity index (χ0) is 14.9. The van der Waals surface area contributed by atoms with E-state index in [9.17, 15) is 9.90 Å². The highest BCUT2D eigenvalue weighted by Gasteiger charge is 2.17. The van der Waals surface area contributed by atoms with Gasteiger partial charge < -0.3 is 10.4 Å². The predicted octanol–water partition coefficient (Wildman–Crippen LogP) is 2.95. The van der Waals surface area contributed by atoms with E-state index in [0.717, 1.165) is 16.8 Å². The molecule has 0 aliphatic rings. The van der Waals surface area contributed by atoms with Crippen LogP contribution in [0.2, 0.25) is 0 Å². The first-order chi connectivity index (χ1) is 9.32. The molecule has 0 saturated carbocycles. The number of aromatic nitrogens is 1. The van der Waals surface area contributed by atoms with Gasteiger partial charge in [0.15, 0.2) is 0 Å². The molecule has 0 saturated heterocycles. The van der Waals surface area contributed by atoms with Crippen LogP contribution in [0.3, 0.4) is 0 Å². The van der Waals surface area contributed by atoms with Crippen molar-refractivity contribution in [1.82, 2.24) is 10.3 Å². The van der Waals surface area contributed by atoms with E-state index in [-0.39, 0.29) is 5.41 Å². The van der Waals surface area contributed by atoms with Gasteiger partial charge >= 0.3 is 5.97 Å². The van der Waals surface area contributed by atoms with Crippen molar-refractivity contribution in [3.8, 4) is 0 Å². The van der Waals surface area contributed by atoms with Gasteiger partial charge in [-0.2, -0.15) is 0 Å². The van der Waals surface area contributed by atoms with Crippen LogP contribution in [0, 0.1) is 0 Å². The highest BCUT2D eigenvalue weighted by atomic mass is 16.4. The van der Waals surface area contributed by atoms with E-state index in [4.69, 9.17) is 0 Å². The molecule has 4 heteroatoms. The maximum Gasteiger partial charge on any atom is 0.336 e. The smallest absolute Gasteiger partial charge is 0.336 e. The zero-order valence-electron chi connectivity index (χ0n) is 12.3. The molecule has 4 nitrogen and oxygen atoms in total. The summed E-state index contributed by atoms with van der Waals surface area (Å²) in [6.45, 7) is 6.88. The van der Waals surface area contributed by atoms with Crippen LogP contribution in [0.15, 0.2) is 24.3 Å². The largest absolute Gasteiger partial charge is 0.478 e. The molecule has 0 bridgehead atoms. The van der Waals surface area contributed by atoms with Crippen molar-refractivity contribution >= 4 is 16.9 Å². The number of hydrogen-bond acceptors (Lipinski definition) is 3. The Kier molecular flexibility index (Phi) is 3.77. The second kappa shape index (κ2) is 5.21. The number of rotatable bonds is 3. The SMILES string of the molecule is CNCc1cc(C(=O)O)c2cc(C(C)(C)C)ccc2n1.